The second kappa shape index (κ2) is 10.00. The molecular formula is C21H24ClNO4. The molecule has 1 heterocycles. The fraction of sp³-hybridized carbons (Fsp3) is 0.286. The van der Waals surface area contributed by atoms with E-state index in [1.54, 1.807) is 36.4 Å². The van der Waals surface area contributed by atoms with Gasteiger partial charge in [0.25, 0.3) is 0 Å². The summed E-state index contributed by atoms with van der Waals surface area (Å²) in [5.74, 6) is 1.96. The van der Waals surface area contributed by atoms with Crippen LogP contribution in [-0.2, 0) is 11.2 Å². The maximum absolute atomic E-state index is 12.0. The zero-order chi connectivity index (χ0) is 18.4. The van der Waals surface area contributed by atoms with Crippen molar-refractivity contribution in [2.24, 2.45) is 0 Å². The van der Waals surface area contributed by atoms with Gasteiger partial charge in [-0.15, -0.1) is 0 Å². The van der Waals surface area contributed by atoms with E-state index in [1.807, 2.05) is 12.1 Å². The van der Waals surface area contributed by atoms with Crippen LogP contribution in [0.2, 0.25) is 0 Å². The highest BCUT2D eigenvalue weighted by atomic mass is 35.5. The van der Waals surface area contributed by atoms with E-state index in [1.165, 1.54) is 10.5 Å². The Morgan fingerprint density at radius 1 is 1.11 bits per heavy atom. The van der Waals surface area contributed by atoms with E-state index in [4.69, 9.17) is 9.47 Å². The van der Waals surface area contributed by atoms with Crippen molar-refractivity contribution in [3.63, 3.8) is 0 Å². The number of ketones is 1. The molecule has 27 heavy (non-hydrogen) atoms. The highest BCUT2D eigenvalue weighted by Gasteiger charge is 2.14. The largest absolute Gasteiger partial charge is 1.00 e. The SMILES string of the molecule is C[NH+](CCC(=O)C=Cc1ccc(O)cc1)CCc1ccc2c(c1)OCO2.[Cl-]. The Balaban J connectivity index is 0.00000261. The van der Waals surface area contributed by atoms with Crippen LogP contribution in [0.5, 0.6) is 17.2 Å². The molecular weight excluding hydrogens is 366 g/mol. The molecule has 6 heteroatoms. The molecule has 1 unspecified atom stereocenters. The van der Waals surface area contributed by atoms with Gasteiger partial charge in [0.1, 0.15) is 5.75 Å². The average Bonchev–Trinajstić information content (AvgIpc) is 3.12. The van der Waals surface area contributed by atoms with E-state index >= 15 is 0 Å². The lowest BCUT2D eigenvalue weighted by Crippen LogP contribution is -3.09. The predicted octanol–water partition coefficient (Wildman–Crippen LogP) is -1.15. The Hall–Kier alpha value is -2.50. The summed E-state index contributed by atoms with van der Waals surface area (Å²) in [5.41, 5.74) is 2.12. The molecule has 0 bridgehead atoms. The quantitative estimate of drug-likeness (QED) is 0.560. The second-order valence-corrected chi connectivity index (χ2v) is 6.54. The third kappa shape index (κ3) is 6.31. The number of hydrogen-bond donors (Lipinski definition) is 2. The lowest BCUT2D eigenvalue weighted by atomic mass is 10.1. The summed E-state index contributed by atoms with van der Waals surface area (Å²) in [6, 6.07) is 12.8. The number of phenols is 1. The lowest BCUT2D eigenvalue weighted by Gasteiger charge is -2.13. The number of quaternary nitrogens is 1. The van der Waals surface area contributed by atoms with Gasteiger partial charge in [-0.3, -0.25) is 4.79 Å². The molecule has 2 aromatic rings. The van der Waals surface area contributed by atoms with Crippen molar-refractivity contribution in [1.82, 2.24) is 0 Å². The number of nitrogens with one attached hydrogen (secondary N) is 1. The van der Waals surface area contributed by atoms with Gasteiger partial charge in [-0.2, -0.15) is 0 Å². The van der Waals surface area contributed by atoms with Crippen LogP contribution in [0.1, 0.15) is 17.5 Å². The van der Waals surface area contributed by atoms with E-state index in [0.29, 0.717) is 13.2 Å². The molecule has 0 fully saturated rings. The van der Waals surface area contributed by atoms with Crippen molar-refractivity contribution in [1.29, 1.82) is 0 Å². The molecule has 5 nitrogen and oxygen atoms in total. The zero-order valence-electron chi connectivity index (χ0n) is 15.3. The van der Waals surface area contributed by atoms with Gasteiger partial charge < -0.3 is 31.9 Å². The molecule has 1 aliphatic rings. The van der Waals surface area contributed by atoms with Crippen molar-refractivity contribution in [2.45, 2.75) is 12.8 Å². The van der Waals surface area contributed by atoms with Crippen molar-refractivity contribution in [2.75, 3.05) is 26.9 Å². The van der Waals surface area contributed by atoms with Crippen LogP contribution in [-0.4, -0.2) is 37.8 Å². The molecule has 144 valence electrons. The molecule has 1 aliphatic heterocycles. The number of fused-ring (bicyclic) bond motifs is 1. The minimum Gasteiger partial charge on any atom is -1.00 e. The summed E-state index contributed by atoms with van der Waals surface area (Å²) in [7, 11) is 2.10. The summed E-state index contributed by atoms with van der Waals surface area (Å²) in [4.78, 5) is 13.3. The van der Waals surface area contributed by atoms with E-state index in [2.05, 4.69) is 13.1 Å². The van der Waals surface area contributed by atoms with Gasteiger partial charge in [-0.25, -0.2) is 0 Å². The van der Waals surface area contributed by atoms with E-state index < -0.39 is 0 Å². The number of aromatic hydroxyl groups is 1. The van der Waals surface area contributed by atoms with Crippen LogP contribution in [0.4, 0.5) is 0 Å². The first-order valence-electron chi connectivity index (χ1n) is 8.80. The maximum atomic E-state index is 12.0. The number of allylic oxidation sites excluding steroid dienone is 1. The van der Waals surface area contributed by atoms with Gasteiger partial charge in [0.15, 0.2) is 17.3 Å². The first-order chi connectivity index (χ1) is 12.6. The molecule has 0 radical (unpaired) electrons. The first kappa shape index (κ1) is 20.8. The molecule has 0 aliphatic carbocycles. The molecule has 0 saturated carbocycles. The van der Waals surface area contributed by atoms with Crippen molar-refractivity contribution >= 4 is 11.9 Å². The third-order valence-corrected chi connectivity index (χ3v) is 4.43. The van der Waals surface area contributed by atoms with Gasteiger partial charge in [0.05, 0.1) is 26.6 Å². The number of benzene rings is 2. The van der Waals surface area contributed by atoms with Crippen molar-refractivity contribution in [3.05, 3.63) is 59.7 Å². The molecule has 0 saturated heterocycles. The molecule has 1 atom stereocenters. The van der Waals surface area contributed by atoms with E-state index in [-0.39, 0.29) is 23.9 Å². The minimum atomic E-state index is 0. The molecule has 0 aromatic heterocycles. The monoisotopic (exact) mass is 389 g/mol. The standard InChI is InChI=1S/C21H23NO4.ClH/c1-22(12-10-17-5-9-20-21(14-17)26-15-25-20)13-11-19(24)8-4-16-2-6-18(23)7-3-16;/h2-9,14,23H,10-13,15H2,1H3;1H. The normalized spacial score (nSPS) is 13.4. The van der Waals surface area contributed by atoms with Gasteiger partial charge in [-0.1, -0.05) is 24.3 Å². The molecule has 0 amide bonds. The van der Waals surface area contributed by atoms with Gasteiger partial charge >= 0.3 is 0 Å². The third-order valence-electron chi connectivity index (χ3n) is 4.43. The van der Waals surface area contributed by atoms with Gasteiger partial charge in [0.2, 0.25) is 6.79 Å². The number of hydrogen-bond acceptors (Lipinski definition) is 4. The number of ether oxygens (including phenoxy) is 2. The molecule has 2 aromatic carbocycles. The Morgan fingerprint density at radius 3 is 2.63 bits per heavy atom. The highest BCUT2D eigenvalue weighted by Crippen LogP contribution is 2.32. The molecule has 2 N–H and O–H groups in total. The van der Waals surface area contributed by atoms with E-state index in [0.717, 1.165) is 36.6 Å². The van der Waals surface area contributed by atoms with Crippen LogP contribution < -0.4 is 26.8 Å². The smallest absolute Gasteiger partial charge is 0.231 e. The number of halogens is 1. The van der Waals surface area contributed by atoms with Gasteiger partial charge in [0, 0.05) is 6.42 Å². The molecule has 0 spiro atoms. The Kier molecular flexibility index (Phi) is 7.70. The zero-order valence-corrected chi connectivity index (χ0v) is 16.0. The highest BCUT2D eigenvalue weighted by molar-refractivity contribution is 5.93. The lowest BCUT2D eigenvalue weighted by molar-refractivity contribution is -0.878. The predicted molar refractivity (Wildman–Crippen MR) is 99.7 cm³/mol. The van der Waals surface area contributed by atoms with Gasteiger partial charge in [-0.05, 0) is 41.5 Å². The Labute approximate surface area is 165 Å². The second-order valence-electron chi connectivity index (χ2n) is 6.54. The summed E-state index contributed by atoms with van der Waals surface area (Å²) in [5, 5.41) is 9.25. The topological polar surface area (TPSA) is 60.2 Å². The Bertz CT molecular complexity index is 789. The van der Waals surface area contributed by atoms with Crippen LogP contribution in [0, 0.1) is 0 Å². The fourth-order valence-corrected chi connectivity index (χ4v) is 2.77. The van der Waals surface area contributed by atoms with Crippen LogP contribution >= 0.6 is 0 Å². The van der Waals surface area contributed by atoms with Crippen molar-refractivity contribution < 1.29 is 36.7 Å². The number of rotatable bonds is 8. The van der Waals surface area contributed by atoms with Crippen molar-refractivity contribution in [3.8, 4) is 17.2 Å². The Morgan fingerprint density at radius 2 is 1.85 bits per heavy atom. The first-order valence-corrected chi connectivity index (χ1v) is 8.80. The van der Waals surface area contributed by atoms with Crippen LogP contribution in [0.15, 0.2) is 48.5 Å². The minimum absolute atomic E-state index is 0. The van der Waals surface area contributed by atoms with Crippen LogP contribution in [0.25, 0.3) is 6.08 Å². The van der Waals surface area contributed by atoms with Crippen LogP contribution in [0.3, 0.4) is 0 Å². The number of carbonyl (C=O) groups is 1. The average molecular weight is 390 g/mol. The maximum Gasteiger partial charge on any atom is 0.231 e. The fourth-order valence-electron chi connectivity index (χ4n) is 2.77. The summed E-state index contributed by atoms with van der Waals surface area (Å²) < 4.78 is 10.7. The van der Waals surface area contributed by atoms with E-state index in [9.17, 15) is 9.90 Å². The number of likely N-dealkylation sites (N-methyl/N-ethyl adjacent to an activating group) is 1. The summed E-state index contributed by atoms with van der Waals surface area (Å²) in [6.45, 7) is 2.04. The number of phenolic OH excluding ortho intramolecular Hbond substituents is 1. The summed E-state index contributed by atoms with van der Waals surface area (Å²) >= 11 is 0. The molecule has 3 rings (SSSR count). The number of carbonyl (C=O) groups excluding carboxylic acids is 1. The summed E-state index contributed by atoms with van der Waals surface area (Å²) in [6.07, 6.45) is 4.84.